The quantitative estimate of drug-likeness (QED) is 0.789. The average molecular weight is 344 g/mol. The van der Waals surface area contributed by atoms with E-state index in [1.807, 2.05) is 6.92 Å². The van der Waals surface area contributed by atoms with Crippen LogP contribution >= 0.6 is 0 Å². The fraction of sp³-hybridized carbons (Fsp3) is 0.812. The molecule has 23 heavy (non-hydrogen) atoms. The highest BCUT2D eigenvalue weighted by molar-refractivity contribution is 7.92. The third-order valence-corrected chi connectivity index (χ3v) is 7.57. The minimum atomic E-state index is -3.17. The van der Waals surface area contributed by atoms with E-state index in [-0.39, 0.29) is 30.4 Å². The normalized spacial score (nSPS) is 29.8. The second-order valence-corrected chi connectivity index (χ2v) is 9.93. The van der Waals surface area contributed by atoms with Gasteiger partial charge >= 0.3 is 6.03 Å². The van der Waals surface area contributed by atoms with Crippen LogP contribution in [0.25, 0.3) is 0 Å². The van der Waals surface area contributed by atoms with Crippen molar-refractivity contribution in [2.24, 2.45) is 5.92 Å². The summed E-state index contributed by atoms with van der Waals surface area (Å²) in [5, 5.41) is 2.93. The van der Waals surface area contributed by atoms with Crippen LogP contribution in [0.15, 0.2) is 12.2 Å². The Labute approximate surface area is 139 Å². The van der Waals surface area contributed by atoms with Gasteiger partial charge in [0.2, 0.25) is 0 Å². The lowest BCUT2D eigenvalue weighted by atomic mass is 9.97. The molecule has 1 N–H and O–H groups in total. The maximum Gasteiger partial charge on any atom is 0.317 e. The molecule has 6 nitrogen and oxygen atoms in total. The highest BCUT2D eigenvalue weighted by Gasteiger charge is 2.38. The molecule has 0 bridgehead atoms. The minimum absolute atomic E-state index is 0.00116. The van der Waals surface area contributed by atoms with Crippen molar-refractivity contribution in [2.45, 2.75) is 44.5 Å². The predicted octanol–water partition coefficient (Wildman–Crippen LogP) is 1.58. The summed E-state index contributed by atoms with van der Waals surface area (Å²) in [7, 11) is -3.17. The second kappa shape index (κ2) is 6.81. The molecule has 0 aromatic carbocycles. The molecule has 0 unspecified atom stereocenters. The van der Waals surface area contributed by atoms with Crippen molar-refractivity contribution in [3.8, 4) is 0 Å². The zero-order valence-electron chi connectivity index (χ0n) is 14.3. The molecular formula is C16H28N2O4S. The van der Waals surface area contributed by atoms with Crippen LogP contribution in [0.5, 0.6) is 0 Å². The Bertz CT molecular complexity index is 571. The highest BCUT2D eigenvalue weighted by atomic mass is 32.2. The van der Waals surface area contributed by atoms with Gasteiger partial charge in [-0.15, -0.1) is 0 Å². The lowest BCUT2D eigenvalue weighted by Gasteiger charge is -2.24. The van der Waals surface area contributed by atoms with Crippen LogP contribution in [0.3, 0.4) is 0 Å². The molecule has 0 aromatic rings. The number of hydrogen-bond donors (Lipinski definition) is 1. The lowest BCUT2D eigenvalue weighted by Crippen LogP contribution is -2.44. The Kier molecular flexibility index (Phi) is 5.41. The van der Waals surface area contributed by atoms with E-state index in [9.17, 15) is 13.2 Å². The van der Waals surface area contributed by atoms with Gasteiger partial charge in [0.15, 0.2) is 9.84 Å². The number of amides is 2. The number of ether oxygens (including phenoxy) is 1. The Balaban J connectivity index is 1.90. The molecule has 2 rings (SSSR count). The van der Waals surface area contributed by atoms with Gasteiger partial charge in [-0.3, -0.25) is 0 Å². The van der Waals surface area contributed by atoms with E-state index >= 15 is 0 Å². The van der Waals surface area contributed by atoms with Crippen LogP contribution in [0, 0.1) is 5.92 Å². The molecule has 2 aliphatic heterocycles. The van der Waals surface area contributed by atoms with Crippen molar-refractivity contribution in [3.63, 3.8) is 0 Å². The van der Waals surface area contributed by atoms with Crippen LogP contribution in [0.2, 0.25) is 0 Å². The van der Waals surface area contributed by atoms with Gasteiger partial charge in [-0.2, -0.15) is 0 Å². The van der Waals surface area contributed by atoms with Crippen molar-refractivity contribution < 1.29 is 17.9 Å². The third-order valence-electron chi connectivity index (χ3n) is 4.96. The molecule has 0 spiro atoms. The first kappa shape index (κ1) is 18.3. The monoisotopic (exact) mass is 344 g/mol. The van der Waals surface area contributed by atoms with E-state index in [2.05, 4.69) is 11.9 Å². The van der Waals surface area contributed by atoms with Gasteiger partial charge in [0.25, 0.3) is 0 Å². The smallest absolute Gasteiger partial charge is 0.317 e. The maximum absolute atomic E-state index is 12.4. The number of carbonyl (C=O) groups excluding carboxylic acids is 1. The van der Waals surface area contributed by atoms with Gasteiger partial charge in [0, 0.05) is 32.2 Å². The Hall–Kier alpha value is -1.08. The molecule has 2 atom stereocenters. The first-order valence-corrected chi connectivity index (χ1v) is 9.81. The summed E-state index contributed by atoms with van der Waals surface area (Å²) in [5.41, 5.74) is 0.976. The van der Waals surface area contributed by atoms with E-state index in [1.54, 1.807) is 18.7 Å². The number of sulfone groups is 1. The lowest BCUT2D eigenvalue weighted by molar-refractivity contribution is 0.118. The number of rotatable bonds is 3. The van der Waals surface area contributed by atoms with E-state index in [4.69, 9.17) is 4.74 Å². The van der Waals surface area contributed by atoms with Crippen LogP contribution in [-0.4, -0.2) is 62.2 Å². The second-order valence-electron chi connectivity index (χ2n) is 7.19. The molecule has 2 amide bonds. The molecule has 7 heteroatoms. The molecule has 2 saturated heterocycles. The van der Waals surface area contributed by atoms with Gasteiger partial charge < -0.3 is 15.0 Å². The van der Waals surface area contributed by atoms with Crippen molar-refractivity contribution in [3.05, 3.63) is 12.2 Å². The number of urea groups is 1. The molecule has 132 valence electrons. The SMILES string of the molecule is C=C(C)[C@H]1OCC[C@H]1CNC(=O)N1CCC(C)(C)S(=O)(=O)CC1. The summed E-state index contributed by atoms with van der Waals surface area (Å²) < 4.78 is 29.2. The number of hydrogen-bond acceptors (Lipinski definition) is 4. The summed E-state index contributed by atoms with van der Waals surface area (Å²) >= 11 is 0. The molecule has 0 aliphatic carbocycles. The fourth-order valence-corrected chi connectivity index (χ4v) is 4.51. The largest absolute Gasteiger partial charge is 0.374 e. The summed E-state index contributed by atoms with van der Waals surface area (Å²) in [4.78, 5) is 14.0. The highest BCUT2D eigenvalue weighted by Crippen LogP contribution is 2.26. The van der Waals surface area contributed by atoms with Gasteiger partial charge in [-0.25, -0.2) is 13.2 Å². The van der Waals surface area contributed by atoms with Gasteiger partial charge in [-0.05, 0) is 33.6 Å². The van der Waals surface area contributed by atoms with E-state index in [0.717, 1.165) is 12.0 Å². The predicted molar refractivity (Wildman–Crippen MR) is 90.1 cm³/mol. The molecule has 0 saturated carbocycles. The van der Waals surface area contributed by atoms with E-state index in [1.165, 1.54) is 0 Å². The topological polar surface area (TPSA) is 75.7 Å². The first-order valence-electron chi connectivity index (χ1n) is 8.16. The maximum atomic E-state index is 12.4. The summed E-state index contributed by atoms with van der Waals surface area (Å²) in [6.45, 7) is 11.3. The van der Waals surface area contributed by atoms with Gasteiger partial charge in [-0.1, -0.05) is 12.2 Å². The molecular weight excluding hydrogens is 316 g/mol. The number of nitrogens with one attached hydrogen (secondary N) is 1. The third kappa shape index (κ3) is 4.07. The van der Waals surface area contributed by atoms with Gasteiger partial charge in [0.1, 0.15) is 0 Å². The summed E-state index contributed by atoms with van der Waals surface area (Å²) in [6, 6.07) is -0.190. The Morgan fingerprint density at radius 2 is 2.09 bits per heavy atom. The molecule has 2 heterocycles. The fourth-order valence-electron chi connectivity index (χ4n) is 3.10. The van der Waals surface area contributed by atoms with Crippen LogP contribution in [-0.2, 0) is 14.6 Å². The molecule has 2 aliphatic rings. The number of nitrogens with zero attached hydrogens (tertiary/aromatic N) is 1. The van der Waals surface area contributed by atoms with Crippen molar-refractivity contribution in [1.29, 1.82) is 0 Å². The molecule has 2 fully saturated rings. The average Bonchev–Trinajstić information content (AvgIpc) is 2.89. The summed E-state index contributed by atoms with van der Waals surface area (Å²) in [5.74, 6) is 0.262. The van der Waals surface area contributed by atoms with Crippen LogP contribution in [0.4, 0.5) is 4.79 Å². The Morgan fingerprint density at radius 1 is 1.39 bits per heavy atom. The van der Waals surface area contributed by atoms with E-state index in [0.29, 0.717) is 26.1 Å². The standard InChI is InChI=1S/C16H28N2O4S/c1-12(2)14-13(5-9-22-14)11-17-15(19)18-7-6-16(3,4)23(20,21)10-8-18/h13-14H,1,5-11H2,2-4H3,(H,17,19)/t13-,14+/m0/s1. The van der Waals surface area contributed by atoms with Crippen molar-refractivity contribution >= 4 is 15.9 Å². The molecule has 0 radical (unpaired) electrons. The number of carbonyl (C=O) groups is 1. The zero-order valence-corrected chi connectivity index (χ0v) is 15.1. The first-order chi connectivity index (χ1) is 10.6. The van der Waals surface area contributed by atoms with E-state index < -0.39 is 14.6 Å². The van der Waals surface area contributed by atoms with Crippen molar-refractivity contribution in [1.82, 2.24) is 10.2 Å². The van der Waals surface area contributed by atoms with Crippen molar-refractivity contribution in [2.75, 3.05) is 32.0 Å². The van der Waals surface area contributed by atoms with Crippen LogP contribution in [0.1, 0.15) is 33.6 Å². The van der Waals surface area contributed by atoms with Gasteiger partial charge in [0.05, 0.1) is 16.6 Å². The minimum Gasteiger partial charge on any atom is -0.374 e. The van der Waals surface area contributed by atoms with Crippen LogP contribution < -0.4 is 5.32 Å². The zero-order chi connectivity index (χ0) is 17.3. The molecule has 0 aromatic heterocycles. The Morgan fingerprint density at radius 3 is 2.74 bits per heavy atom. The summed E-state index contributed by atoms with van der Waals surface area (Å²) in [6.07, 6.45) is 1.36.